The summed E-state index contributed by atoms with van der Waals surface area (Å²) >= 11 is 0. The number of hydrogen-bond donors (Lipinski definition) is 0. The predicted octanol–water partition coefficient (Wildman–Crippen LogP) is 0.901. The maximum absolute atomic E-state index is 12.1. The molecule has 5 nitrogen and oxygen atoms in total. The molecule has 2 rings (SSSR count). The highest BCUT2D eigenvalue weighted by molar-refractivity contribution is 5.99. The lowest BCUT2D eigenvalue weighted by molar-refractivity contribution is -0.154. The molecule has 0 N–H and O–H groups in total. The molecule has 2 aliphatic heterocycles. The minimum Gasteiger partial charge on any atom is -0.286 e. The smallest absolute Gasteiger partial charge is 0.244 e. The van der Waals surface area contributed by atoms with Crippen LogP contribution in [0.25, 0.3) is 0 Å². The van der Waals surface area contributed by atoms with Crippen molar-refractivity contribution in [2.45, 2.75) is 39.0 Å². The van der Waals surface area contributed by atoms with Gasteiger partial charge in [-0.1, -0.05) is 19.8 Å². The highest BCUT2D eigenvalue weighted by Crippen LogP contribution is 2.12. The Hall–Kier alpha value is -0.940. The molecule has 0 aliphatic carbocycles. The third-order valence-corrected chi connectivity index (χ3v) is 3.94. The van der Waals surface area contributed by atoms with E-state index in [1.165, 1.54) is 24.2 Å². The van der Waals surface area contributed by atoms with Crippen LogP contribution in [0, 0.1) is 0 Å². The van der Waals surface area contributed by atoms with Gasteiger partial charge in [0.2, 0.25) is 11.8 Å². The van der Waals surface area contributed by atoms with Crippen LogP contribution in [0.4, 0.5) is 0 Å². The molecule has 0 aromatic carbocycles. The fourth-order valence-corrected chi connectivity index (χ4v) is 2.75. The van der Waals surface area contributed by atoms with Crippen molar-refractivity contribution < 1.29 is 9.59 Å². The van der Waals surface area contributed by atoms with Gasteiger partial charge in [0.15, 0.2) is 0 Å². The predicted molar refractivity (Wildman–Crippen MR) is 73.5 cm³/mol. The second kappa shape index (κ2) is 7.01. The first-order valence-electron chi connectivity index (χ1n) is 7.48. The quantitative estimate of drug-likeness (QED) is 0.694. The number of amides is 2. The van der Waals surface area contributed by atoms with E-state index in [0.29, 0.717) is 19.8 Å². The summed E-state index contributed by atoms with van der Waals surface area (Å²) in [5, 5.41) is 0. The lowest BCUT2D eigenvalue weighted by atomic mass is 10.1. The highest BCUT2D eigenvalue weighted by Gasteiger charge is 2.31. The SMILES string of the molecule is CCCCN1CC(=O)N(CN2CCCCC2)C(=O)C1. The van der Waals surface area contributed by atoms with Gasteiger partial charge >= 0.3 is 0 Å². The molecule has 0 aromatic heterocycles. The number of carbonyl (C=O) groups is 2. The summed E-state index contributed by atoms with van der Waals surface area (Å²) in [6, 6.07) is 0. The van der Waals surface area contributed by atoms with E-state index in [1.807, 2.05) is 4.90 Å². The fourth-order valence-electron chi connectivity index (χ4n) is 2.75. The van der Waals surface area contributed by atoms with Gasteiger partial charge in [-0.25, -0.2) is 0 Å². The van der Waals surface area contributed by atoms with Gasteiger partial charge in [0.1, 0.15) is 0 Å². The number of piperidine rings is 1. The molecule has 2 saturated heterocycles. The van der Waals surface area contributed by atoms with Gasteiger partial charge < -0.3 is 0 Å². The molecular weight excluding hydrogens is 242 g/mol. The number of unbranched alkanes of at least 4 members (excludes halogenated alkanes) is 1. The lowest BCUT2D eigenvalue weighted by Gasteiger charge is -2.36. The van der Waals surface area contributed by atoms with Gasteiger partial charge in [-0.15, -0.1) is 0 Å². The van der Waals surface area contributed by atoms with Gasteiger partial charge in [0.25, 0.3) is 0 Å². The molecule has 108 valence electrons. The van der Waals surface area contributed by atoms with E-state index in [2.05, 4.69) is 11.8 Å². The standard InChI is InChI=1S/C14H25N3O2/c1-2-3-7-16-10-13(18)17(14(19)11-16)12-15-8-5-4-6-9-15/h2-12H2,1H3. The number of hydrogen-bond acceptors (Lipinski definition) is 4. The van der Waals surface area contributed by atoms with Crippen molar-refractivity contribution >= 4 is 11.8 Å². The molecule has 0 unspecified atom stereocenters. The van der Waals surface area contributed by atoms with Crippen LogP contribution in [0.3, 0.4) is 0 Å². The summed E-state index contributed by atoms with van der Waals surface area (Å²) in [5.41, 5.74) is 0. The number of rotatable bonds is 5. The minimum atomic E-state index is -0.0297. The van der Waals surface area contributed by atoms with Crippen molar-refractivity contribution in [1.82, 2.24) is 14.7 Å². The number of nitrogens with zero attached hydrogens (tertiary/aromatic N) is 3. The van der Waals surface area contributed by atoms with Gasteiger partial charge in [-0.2, -0.15) is 0 Å². The third kappa shape index (κ3) is 4.01. The van der Waals surface area contributed by atoms with Gasteiger partial charge in [-0.05, 0) is 38.9 Å². The first-order valence-corrected chi connectivity index (χ1v) is 7.48. The molecule has 2 heterocycles. The highest BCUT2D eigenvalue weighted by atomic mass is 16.2. The molecule has 0 spiro atoms. The molecule has 19 heavy (non-hydrogen) atoms. The molecule has 2 fully saturated rings. The van der Waals surface area contributed by atoms with Gasteiger partial charge in [-0.3, -0.25) is 24.3 Å². The zero-order valence-electron chi connectivity index (χ0n) is 11.9. The van der Waals surface area contributed by atoms with Crippen LogP contribution >= 0.6 is 0 Å². The number of imide groups is 1. The van der Waals surface area contributed by atoms with E-state index < -0.39 is 0 Å². The average molecular weight is 267 g/mol. The zero-order valence-corrected chi connectivity index (χ0v) is 11.9. The monoisotopic (exact) mass is 267 g/mol. The Balaban J connectivity index is 1.84. The van der Waals surface area contributed by atoms with Crippen molar-refractivity contribution in [2.75, 3.05) is 39.4 Å². The number of piperazine rings is 1. The Morgan fingerprint density at radius 1 is 0.947 bits per heavy atom. The summed E-state index contributed by atoms with van der Waals surface area (Å²) in [6.45, 7) is 6.30. The minimum absolute atomic E-state index is 0.0297. The van der Waals surface area contributed by atoms with E-state index >= 15 is 0 Å². The maximum atomic E-state index is 12.1. The van der Waals surface area contributed by atoms with E-state index in [0.717, 1.165) is 32.5 Å². The summed E-state index contributed by atoms with van der Waals surface area (Å²) in [7, 11) is 0. The summed E-state index contributed by atoms with van der Waals surface area (Å²) in [6.07, 6.45) is 5.77. The van der Waals surface area contributed by atoms with Crippen molar-refractivity contribution in [1.29, 1.82) is 0 Å². The normalized spacial score (nSPS) is 23.1. The van der Waals surface area contributed by atoms with Crippen LogP contribution in [0.5, 0.6) is 0 Å². The Morgan fingerprint density at radius 3 is 2.16 bits per heavy atom. The van der Waals surface area contributed by atoms with Crippen LogP contribution in [0.1, 0.15) is 39.0 Å². The summed E-state index contributed by atoms with van der Waals surface area (Å²) in [4.78, 5) is 29.8. The molecule has 0 bridgehead atoms. The maximum Gasteiger partial charge on any atom is 0.244 e. The van der Waals surface area contributed by atoms with Gasteiger partial charge in [0, 0.05) is 0 Å². The van der Waals surface area contributed by atoms with Crippen LogP contribution in [0.15, 0.2) is 0 Å². The second-order valence-electron chi connectivity index (χ2n) is 5.60. The second-order valence-corrected chi connectivity index (χ2v) is 5.60. The third-order valence-electron chi connectivity index (χ3n) is 3.94. The Kier molecular flexibility index (Phi) is 5.34. The van der Waals surface area contributed by atoms with Crippen molar-refractivity contribution in [3.63, 3.8) is 0 Å². The zero-order chi connectivity index (χ0) is 13.7. The Labute approximate surface area is 115 Å². The van der Waals surface area contributed by atoms with Crippen LogP contribution in [-0.4, -0.2) is 65.9 Å². The van der Waals surface area contributed by atoms with E-state index in [9.17, 15) is 9.59 Å². The molecule has 2 amide bonds. The number of carbonyl (C=O) groups excluding carboxylic acids is 2. The first kappa shape index (κ1) is 14.5. The van der Waals surface area contributed by atoms with E-state index in [-0.39, 0.29) is 11.8 Å². The fraction of sp³-hybridized carbons (Fsp3) is 0.857. The van der Waals surface area contributed by atoms with Crippen molar-refractivity contribution in [2.24, 2.45) is 0 Å². The molecular formula is C14H25N3O2. The Morgan fingerprint density at radius 2 is 1.58 bits per heavy atom. The average Bonchev–Trinajstić information content (AvgIpc) is 2.42. The van der Waals surface area contributed by atoms with Crippen LogP contribution in [-0.2, 0) is 9.59 Å². The number of likely N-dealkylation sites (tertiary alicyclic amines) is 1. The van der Waals surface area contributed by atoms with Gasteiger partial charge in [0.05, 0.1) is 19.8 Å². The lowest BCUT2D eigenvalue weighted by Crippen LogP contribution is -2.57. The molecule has 0 radical (unpaired) electrons. The molecule has 0 saturated carbocycles. The van der Waals surface area contributed by atoms with Crippen LogP contribution < -0.4 is 0 Å². The van der Waals surface area contributed by atoms with Crippen molar-refractivity contribution in [3.05, 3.63) is 0 Å². The molecule has 0 atom stereocenters. The van der Waals surface area contributed by atoms with Crippen LogP contribution in [0.2, 0.25) is 0 Å². The Bertz CT molecular complexity index is 309. The topological polar surface area (TPSA) is 43.9 Å². The molecule has 0 aromatic rings. The first-order chi connectivity index (χ1) is 9.20. The molecule has 2 aliphatic rings. The summed E-state index contributed by atoms with van der Waals surface area (Å²) in [5.74, 6) is -0.0594. The van der Waals surface area contributed by atoms with E-state index in [1.54, 1.807) is 0 Å². The molecule has 5 heteroatoms. The summed E-state index contributed by atoms with van der Waals surface area (Å²) < 4.78 is 0. The largest absolute Gasteiger partial charge is 0.286 e. The van der Waals surface area contributed by atoms with E-state index in [4.69, 9.17) is 0 Å². The van der Waals surface area contributed by atoms with Crippen molar-refractivity contribution in [3.8, 4) is 0 Å².